The zero-order chi connectivity index (χ0) is 18.6. The topological polar surface area (TPSA) is 84.4 Å². The summed E-state index contributed by atoms with van der Waals surface area (Å²) in [4.78, 5) is 14.2. The van der Waals surface area contributed by atoms with E-state index in [4.69, 9.17) is 20.4 Å². The number of nitrogens with one attached hydrogen (secondary N) is 1. The van der Waals surface area contributed by atoms with Crippen LogP contribution in [0.2, 0.25) is 5.02 Å². The summed E-state index contributed by atoms with van der Waals surface area (Å²) in [5, 5.41) is 11.8. The van der Waals surface area contributed by atoms with Crippen LogP contribution in [0.25, 0.3) is 11.7 Å². The zero-order valence-corrected chi connectivity index (χ0v) is 15.4. The number of rotatable bonds is 4. The first kappa shape index (κ1) is 17.6. The summed E-state index contributed by atoms with van der Waals surface area (Å²) < 4.78 is 11.0. The van der Waals surface area contributed by atoms with Gasteiger partial charge in [-0.3, -0.25) is 0 Å². The number of hydrogen-bond donors (Lipinski definition) is 1. The number of piperidine rings is 1. The highest BCUT2D eigenvalue weighted by Crippen LogP contribution is 2.29. The second-order valence-corrected chi connectivity index (χ2v) is 6.91. The van der Waals surface area contributed by atoms with Crippen molar-refractivity contribution in [3.8, 4) is 11.7 Å². The van der Waals surface area contributed by atoms with E-state index in [1.807, 2.05) is 29.2 Å². The molecule has 3 heterocycles. The number of nitrogens with zero attached hydrogens (tertiary/aromatic N) is 3. The predicted octanol–water partition coefficient (Wildman–Crippen LogP) is 4.07. The fraction of sp³-hybridized carbons (Fsp3) is 0.316. The minimum Gasteiger partial charge on any atom is -0.459 e. The Balaban J connectivity index is 1.28. The number of hydrogen-bond acceptors (Lipinski definition) is 5. The predicted molar refractivity (Wildman–Crippen MR) is 99.2 cm³/mol. The number of amides is 2. The summed E-state index contributed by atoms with van der Waals surface area (Å²) >= 11 is 5.87. The SMILES string of the molecule is O=C(NCc1ccc(Cl)cc1)N1CCC(c2nnc(-c3ccco3)o2)CC1. The molecule has 0 saturated carbocycles. The number of furan rings is 1. The number of carbonyl (C=O) groups is 1. The summed E-state index contributed by atoms with van der Waals surface area (Å²) in [6, 6.07) is 10.9. The van der Waals surface area contributed by atoms with Gasteiger partial charge in [0.05, 0.1) is 6.26 Å². The molecule has 2 amide bonds. The highest BCUT2D eigenvalue weighted by Gasteiger charge is 2.27. The first-order valence-electron chi connectivity index (χ1n) is 8.83. The Morgan fingerprint density at radius 2 is 1.96 bits per heavy atom. The van der Waals surface area contributed by atoms with Crippen LogP contribution >= 0.6 is 11.6 Å². The Morgan fingerprint density at radius 3 is 2.67 bits per heavy atom. The Kier molecular flexibility index (Phi) is 5.11. The van der Waals surface area contributed by atoms with E-state index in [1.165, 1.54) is 0 Å². The molecule has 1 fully saturated rings. The van der Waals surface area contributed by atoms with Crippen LogP contribution in [0.1, 0.15) is 30.2 Å². The van der Waals surface area contributed by atoms with Crippen molar-refractivity contribution in [3.05, 3.63) is 59.1 Å². The maximum absolute atomic E-state index is 12.4. The Morgan fingerprint density at radius 1 is 1.19 bits per heavy atom. The number of carbonyl (C=O) groups excluding carboxylic acids is 1. The number of likely N-dealkylation sites (tertiary alicyclic amines) is 1. The van der Waals surface area contributed by atoms with Crippen molar-refractivity contribution in [2.75, 3.05) is 13.1 Å². The van der Waals surface area contributed by atoms with Gasteiger partial charge in [0.25, 0.3) is 5.89 Å². The third kappa shape index (κ3) is 4.14. The van der Waals surface area contributed by atoms with Gasteiger partial charge in [0.15, 0.2) is 5.76 Å². The quantitative estimate of drug-likeness (QED) is 0.730. The Labute approximate surface area is 161 Å². The summed E-state index contributed by atoms with van der Waals surface area (Å²) in [5.41, 5.74) is 1.01. The number of aromatic nitrogens is 2. The van der Waals surface area contributed by atoms with E-state index in [2.05, 4.69) is 15.5 Å². The van der Waals surface area contributed by atoms with E-state index in [9.17, 15) is 4.79 Å². The third-order valence-corrected chi connectivity index (χ3v) is 4.91. The van der Waals surface area contributed by atoms with Crippen LogP contribution in [-0.2, 0) is 6.54 Å². The largest absolute Gasteiger partial charge is 0.459 e. The van der Waals surface area contributed by atoms with Crippen molar-refractivity contribution in [1.29, 1.82) is 0 Å². The van der Waals surface area contributed by atoms with E-state index < -0.39 is 0 Å². The molecule has 3 aromatic rings. The van der Waals surface area contributed by atoms with Crippen LogP contribution in [0.3, 0.4) is 0 Å². The van der Waals surface area contributed by atoms with Crippen molar-refractivity contribution in [1.82, 2.24) is 20.4 Å². The summed E-state index contributed by atoms with van der Waals surface area (Å²) in [6.07, 6.45) is 3.14. The van der Waals surface area contributed by atoms with Gasteiger partial charge < -0.3 is 19.1 Å². The fourth-order valence-corrected chi connectivity index (χ4v) is 3.25. The van der Waals surface area contributed by atoms with Crippen molar-refractivity contribution in [3.63, 3.8) is 0 Å². The first-order valence-corrected chi connectivity index (χ1v) is 9.21. The van der Waals surface area contributed by atoms with Crippen LogP contribution in [0.4, 0.5) is 4.79 Å². The molecule has 0 spiro atoms. The fourth-order valence-electron chi connectivity index (χ4n) is 3.12. The molecule has 0 aliphatic carbocycles. The molecule has 4 rings (SSSR count). The van der Waals surface area contributed by atoms with Gasteiger partial charge in [-0.1, -0.05) is 23.7 Å². The molecule has 1 aliphatic heterocycles. The average Bonchev–Trinajstić information content (AvgIpc) is 3.39. The van der Waals surface area contributed by atoms with Gasteiger partial charge >= 0.3 is 6.03 Å². The maximum Gasteiger partial charge on any atom is 0.317 e. The lowest BCUT2D eigenvalue weighted by atomic mass is 9.97. The minimum absolute atomic E-state index is 0.0646. The maximum atomic E-state index is 12.4. The average molecular weight is 387 g/mol. The van der Waals surface area contributed by atoms with Gasteiger partial charge in [-0.25, -0.2) is 4.79 Å². The van der Waals surface area contributed by atoms with Crippen molar-refractivity contribution in [2.24, 2.45) is 0 Å². The van der Waals surface area contributed by atoms with Crippen molar-refractivity contribution < 1.29 is 13.6 Å². The van der Waals surface area contributed by atoms with E-state index in [0.29, 0.717) is 42.2 Å². The van der Waals surface area contributed by atoms with Gasteiger partial charge in [-0.15, -0.1) is 10.2 Å². The molecule has 7 nitrogen and oxygen atoms in total. The van der Waals surface area contributed by atoms with Gasteiger partial charge in [-0.05, 0) is 42.7 Å². The van der Waals surface area contributed by atoms with Crippen LogP contribution in [-0.4, -0.2) is 34.2 Å². The molecule has 0 atom stereocenters. The van der Waals surface area contributed by atoms with Crippen molar-refractivity contribution >= 4 is 17.6 Å². The van der Waals surface area contributed by atoms with Crippen LogP contribution in [0, 0.1) is 0 Å². The lowest BCUT2D eigenvalue weighted by Crippen LogP contribution is -2.43. The summed E-state index contributed by atoms with van der Waals surface area (Å²) in [5.74, 6) is 1.70. The second kappa shape index (κ2) is 7.84. The Bertz CT molecular complexity index is 884. The molecule has 27 heavy (non-hydrogen) atoms. The van der Waals surface area contributed by atoms with Gasteiger partial charge in [0, 0.05) is 30.6 Å². The second-order valence-electron chi connectivity index (χ2n) is 6.47. The van der Waals surface area contributed by atoms with Crippen LogP contribution in [0.5, 0.6) is 0 Å². The summed E-state index contributed by atoms with van der Waals surface area (Å²) in [7, 11) is 0. The van der Waals surface area contributed by atoms with Crippen LogP contribution < -0.4 is 5.32 Å². The molecular formula is C19H19ClN4O3. The third-order valence-electron chi connectivity index (χ3n) is 4.66. The monoisotopic (exact) mass is 386 g/mol. The Hall–Kier alpha value is -2.80. The highest BCUT2D eigenvalue weighted by molar-refractivity contribution is 6.30. The standard InChI is InChI=1S/C19H19ClN4O3/c20-15-5-3-13(4-6-15)12-21-19(25)24-9-7-14(8-10-24)17-22-23-18(27-17)16-2-1-11-26-16/h1-6,11,14H,7-10,12H2,(H,21,25). The molecule has 140 valence electrons. The molecule has 1 N–H and O–H groups in total. The molecular weight excluding hydrogens is 368 g/mol. The van der Waals surface area contributed by atoms with E-state index in [-0.39, 0.29) is 11.9 Å². The lowest BCUT2D eigenvalue weighted by Gasteiger charge is -2.30. The number of halogens is 1. The molecule has 8 heteroatoms. The molecule has 1 aliphatic rings. The smallest absolute Gasteiger partial charge is 0.317 e. The summed E-state index contributed by atoms with van der Waals surface area (Å²) in [6.45, 7) is 1.78. The molecule has 1 aromatic carbocycles. The number of urea groups is 1. The lowest BCUT2D eigenvalue weighted by molar-refractivity contribution is 0.177. The number of benzene rings is 1. The van der Waals surface area contributed by atoms with Crippen LogP contribution in [0.15, 0.2) is 51.5 Å². The first-order chi connectivity index (χ1) is 13.2. The highest BCUT2D eigenvalue weighted by atomic mass is 35.5. The molecule has 0 unspecified atom stereocenters. The van der Waals surface area contributed by atoms with E-state index in [0.717, 1.165) is 18.4 Å². The van der Waals surface area contributed by atoms with Gasteiger partial charge in [0.2, 0.25) is 5.89 Å². The van der Waals surface area contributed by atoms with Crippen molar-refractivity contribution in [2.45, 2.75) is 25.3 Å². The molecule has 0 bridgehead atoms. The molecule has 1 saturated heterocycles. The molecule has 2 aromatic heterocycles. The normalized spacial score (nSPS) is 15.1. The minimum atomic E-state index is -0.0646. The van der Waals surface area contributed by atoms with E-state index in [1.54, 1.807) is 18.4 Å². The zero-order valence-electron chi connectivity index (χ0n) is 14.6. The molecule has 0 radical (unpaired) electrons. The van der Waals surface area contributed by atoms with E-state index >= 15 is 0 Å². The van der Waals surface area contributed by atoms with Gasteiger partial charge in [0.1, 0.15) is 0 Å². The van der Waals surface area contributed by atoms with Gasteiger partial charge in [-0.2, -0.15) is 0 Å².